The van der Waals surface area contributed by atoms with Crippen LogP contribution in [0, 0.1) is 11.2 Å². The van der Waals surface area contributed by atoms with Crippen LogP contribution in [-0.2, 0) is 6.54 Å². The largest absolute Gasteiger partial charge is 0.309 e. The average molecular weight is 337 g/mol. The second kappa shape index (κ2) is 6.88. The minimum atomic E-state index is -0.217. The van der Waals surface area contributed by atoms with Gasteiger partial charge < -0.3 is 5.32 Å². The number of halogens is 3. The molecular formula is C14H20BrClFN. The number of alkyl halides is 1. The van der Waals surface area contributed by atoms with E-state index in [1.807, 2.05) is 6.07 Å². The molecular weight excluding hydrogens is 317 g/mol. The summed E-state index contributed by atoms with van der Waals surface area (Å²) in [6, 6.07) is 5.26. The quantitative estimate of drug-likeness (QED) is 0.767. The first kappa shape index (κ1) is 15.9. The molecule has 0 aliphatic carbocycles. The number of hydrogen-bond donors (Lipinski definition) is 1. The smallest absolute Gasteiger partial charge is 0.124 e. The molecule has 0 bridgehead atoms. The van der Waals surface area contributed by atoms with E-state index in [1.54, 1.807) is 6.07 Å². The molecule has 4 heteroatoms. The van der Waals surface area contributed by atoms with Gasteiger partial charge in [-0.3, -0.25) is 0 Å². The number of benzene rings is 1. The van der Waals surface area contributed by atoms with Crippen molar-refractivity contribution in [3.05, 3.63) is 34.1 Å². The molecule has 0 saturated carbocycles. The SMILES string of the molecule is CC(C)(C)C(CCCl)NCc1cc(F)cc(Br)c1. The van der Waals surface area contributed by atoms with E-state index < -0.39 is 0 Å². The van der Waals surface area contributed by atoms with Crippen LogP contribution in [0.2, 0.25) is 0 Å². The van der Waals surface area contributed by atoms with Crippen molar-refractivity contribution in [2.45, 2.75) is 39.8 Å². The molecule has 102 valence electrons. The molecule has 1 nitrogen and oxygen atoms in total. The Bertz CT molecular complexity index is 370. The lowest BCUT2D eigenvalue weighted by molar-refractivity contribution is 0.260. The molecule has 1 atom stereocenters. The van der Waals surface area contributed by atoms with Gasteiger partial charge in [0.2, 0.25) is 0 Å². The predicted octanol–water partition coefficient (Wildman–Crippen LogP) is 4.72. The van der Waals surface area contributed by atoms with Crippen LogP contribution < -0.4 is 5.32 Å². The van der Waals surface area contributed by atoms with Crippen LogP contribution in [0.5, 0.6) is 0 Å². The first-order chi connectivity index (χ1) is 8.32. The summed E-state index contributed by atoms with van der Waals surface area (Å²) < 4.78 is 14.0. The summed E-state index contributed by atoms with van der Waals surface area (Å²) in [7, 11) is 0. The molecule has 0 amide bonds. The lowest BCUT2D eigenvalue weighted by Crippen LogP contribution is -2.40. The van der Waals surface area contributed by atoms with Gasteiger partial charge in [-0.1, -0.05) is 36.7 Å². The lowest BCUT2D eigenvalue weighted by Gasteiger charge is -2.31. The van der Waals surface area contributed by atoms with Crippen molar-refractivity contribution < 1.29 is 4.39 Å². The van der Waals surface area contributed by atoms with E-state index in [4.69, 9.17) is 11.6 Å². The fourth-order valence-corrected chi connectivity index (χ4v) is 2.64. The molecule has 0 aliphatic heterocycles. The molecule has 0 fully saturated rings. The first-order valence-corrected chi connectivity index (χ1v) is 7.40. The summed E-state index contributed by atoms with van der Waals surface area (Å²) in [6.07, 6.45) is 0.904. The average Bonchev–Trinajstić information content (AvgIpc) is 2.21. The van der Waals surface area contributed by atoms with E-state index in [1.165, 1.54) is 6.07 Å². The molecule has 0 aliphatic rings. The Hall–Kier alpha value is -0.120. The van der Waals surface area contributed by atoms with Crippen LogP contribution in [0.3, 0.4) is 0 Å². The number of rotatable bonds is 5. The van der Waals surface area contributed by atoms with Crippen LogP contribution in [-0.4, -0.2) is 11.9 Å². The summed E-state index contributed by atoms with van der Waals surface area (Å²) in [5.74, 6) is 0.410. The molecule has 0 aromatic heterocycles. The molecule has 0 heterocycles. The van der Waals surface area contributed by atoms with Crippen molar-refractivity contribution in [1.82, 2.24) is 5.32 Å². The van der Waals surface area contributed by atoms with E-state index >= 15 is 0 Å². The van der Waals surface area contributed by atoms with Gasteiger partial charge in [0, 0.05) is 22.9 Å². The fourth-order valence-electron chi connectivity index (χ4n) is 1.90. The van der Waals surface area contributed by atoms with Crippen molar-refractivity contribution in [1.29, 1.82) is 0 Å². The van der Waals surface area contributed by atoms with E-state index in [-0.39, 0.29) is 11.2 Å². The molecule has 1 unspecified atom stereocenters. The van der Waals surface area contributed by atoms with Gasteiger partial charge in [0.15, 0.2) is 0 Å². The van der Waals surface area contributed by atoms with E-state index in [0.717, 1.165) is 16.5 Å². The molecule has 0 spiro atoms. The summed E-state index contributed by atoms with van der Waals surface area (Å²) in [6.45, 7) is 7.19. The van der Waals surface area contributed by atoms with E-state index in [2.05, 4.69) is 42.0 Å². The normalized spacial score (nSPS) is 13.7. The third-order valence-corrected chi connectivity index (χ3v) is 3.59. The van der Waals surface area contributed by atoms with E-state index in [9.17, 15) is 4.39 Å². The Kier molecular flexibility index (Phi) is 6.09. The highest BCUT2D eigenvalue weighted by molar-refractivity contribution is 9.10. The maximum Gasteiger partial charge on any atom is 0.124 e. The molecule has 0 radical (unpaired) electrons. The highest BCUT2D eigenvalue weighted by Gasteiger charge is 2.23. The maximum atomic E-state index is 13.3. The van der Waals surface area contributed by atoms with Gasteiger partial charge in [-0.25, -0.2) is 4.39 Å². The van der Waals surface area contributed by atoms with Crippen LogP contribution in [0.1, 0.15) is 32.8 Å². The van der Waals surface area contributed by atoms with Gasteiger partial charge in [-0.15, -0.1) is 11.6 Å². The third-order valence-electron chi connectivity index (χ3n) is 2.92. The zero-order valence-corrected chi connectivity index (χ0v) is 13.4. The topological polar surface area (TPSA) is 12.0 Å². The summed E-state index contributed by atoms with van der Waals surface area (Å²) in [5.41, 5.74) is 1.07. The lowest BCUT2D eigenvalue weighted by atomic mass is 9.85. The second-order valence-electron chi connectivity index (χ2n) is 5.55. The standard InChI is InChI=1S/C14H20BrClFN/c1-14(2,3)13(4-5-16)18-9-10-6-11(15)8-12(17)7-10/h6-8,13,18H,4-5,9H2,1-3H3. The summed E-state index contributed by atoms with van der Waals surface area (Å²) in [5, 5.41) is 3.46. The zero-order valence-electron chi connectivity index (χ0n) is 11.1. The van der Waals surface area contributed by atoms with Crippen LogP contribution in [0.25, 0.3) is 0 Å². The minimum absolute atomic E-state index is 0.138. The highest BCUT2D eigenvalue weighted by atomic mass is 79.9. The van der Waals surface area contributed by atoms with Crippen LogP contribution >= 0.6 is 27.5 Å². The molecule has 1 rings (SSSR count). The molecule has 1 N–H and O–H groups in total. The number of hydrogen-bond acceptors (Lipinski definition) is 1. The Morgan fingerprint density at radius 3 is 2.50 bits per heavy atom. The summed E-state index contributed by atoms with van der Waals surface area (Å²) >= 11 is 9.13. The Labute approximate surface area is 122 Å². The van der Waals surface area contributed by atoms with Gasteiger partial charge in [0.1, 0.15) is 5.82 Å². The highest BCUT2D eigenvalue weighted by Crippen LogP contribution is 2.23. The predicted molar refractivity (Wildman–Crippen MR) is 79.5 cm³/mol. The van der Waals surface area contributed by atoms with Gasteiger partial charge in [0.05, 0.1) is 0 Å². The van der Waals surface area contributed by atoms with Crippen molar-refractivity contribution in [3.63, 3.8) is 0 Å². The van der Waals surface area contributed by atoms with E-state index in [0.29, 0.717) is 18.5 Å². The monoisotopic (exact) mass is 335 g/mol. The van der Waals surface area contributed by atoms with Gasteiger partial charge in [0.25, 0.3) is 0 Å². The Morgan fingerprint density at radius 2 is 2.00 bits per heavy atom. The first-order valence-electron chi connectivity index (χ1n) is 6.07. The van der Waals surface area contributed by atoms with Gasteiger partial charge in [-0.2, -0.15) is 0 Å². The Morgan fingerprint density at radius 1 is 1.33 bits per heavy atom. The zero-order chi connectivity index (χ0) is 13.8. The van der Waals surface area contributed by atoms with Crippen molar-refractivity contribution in [3.8, 4) is 0 Å². The number of nitrogens with one attached hydrogen (secondary N) is 1. The summed E-state index contributed by atoms with van der Waals surface area (Å²) in [4.78, 5) is 0. The molecule has 0 saturated heterocycles. The van der Waals surface area contributed by atoms with Crippen molar-refractivity contribution >= 4 is 27.5 Å². The van der Waals surface area contributed by atoms with Crippen molar-refractivity contribution in [2.24, 2.45) is 5.41 Å². The van der Waals surface area contributed by atoms with Gasteiger partial charge >= 0.3 is 0 Å². The Balaban J connectivity index is 2.67. The van der Waals surface area contributed by atoms with Crippen LogP contribution in [0.15, 0.2) is 22.7 Å². The second-order valence-corrected chi connectivity index (χ2v) is 6.85. The molecule has 18 heavy (non-hydrogen) atoms. The van der Waals surface area contributed by atoms with Crippen LogP contribution in [0.4, 0.5) is 4.39 Å². The molecule has 1 aromatic rings. The van der Waals surface area contributed by atoms with Gasteiger partial charge in [-0.05, 0) is 35.6 Å². The maximum absolute atomic E-state index is 13.3. The fraction of sp³-hybridized carbons (Fsp3) is 0.571. The minimum Gasteiger partial charge on any atom is -0.309 e. The third kappa shape index (κ3) is 5.25. The van der Waals surface area contributed by atoms with Crippen molar-refractivity contribution in [2.75, 3.05) is 5.88 Å². The molecule has 1 aromatic carbocycles.